The zero-order chi connectivity index (χ0) is 20.1. The van der Waals surface area contributed by atoms with Gasteiger partial charge in [-0.3, -0.25) is 9.69 Å². The second-order valence-corrected chi connectivity index (χ2v) is 7.15. The molecule has 1 aliphatic heterocycles. The van der Waals surface area contributed by atoms with Crippen molar-refractivity contribution in [2.45, 2.75) is 13.5 Å². The van der Waals surface area contributed by atoms with Gasteiger partial charge in [-0.15, -0.1) is 5.10 Å². The van der Waals surface area contributed by atoms with Crippen LogP contribution >= 0.6 is 0 Å². The summed E-state index contributed by atoms with van der Waals surface area (Å²) in [5.74, 6) is 1.27. The van der Waals surface area contributed by atoms with Crippen molar-refractivity contribution >= 4 is 23.2 Å². The third-order valence-electron chi connectivity index (χ3n) is 4.99. The van der Waals surface area contributed by atoms with Gasteiger partial charge in [0.15, 0.2) is 11.6 Å². The van der Waals surface area contributed by atoms with E-state index in [1.807, 2.05) is 24.3 Å². The molecule has 0 saturated carbocycles. The van der Waals surface area contributed by atoms with E-state index in [2.05, 4.69) is 54.6 Å². The van der Waals surface area contributed by atoms with Gasteiger partial charge in [-0.25, -0.2) is 0 Å². The number of benzene rings is 2. The van der Waals surface area contributed by atoms with Gasteiger partial charge in [0.2, 0.25) is 5.95 Å². The Kier molecular flexibility index (Phi) is 5.76. The fourth-order valence-electron chi connectivity index (χ4n) is 3.40. The molecule has 1 aromatic heterocycles. The number of carbonyl (C=O) groups is 1. The van der Waals surface area contributed by atoms with Crippen molar-refractivity contribution in [1.82, 2.24) is 20.1 Å². The number of aromatic nitrogens is 3. The Morgan fingerprint density at radius 3 is 2.59 bits per heavy atom. The van der Waals surface area contributed by atoms with Crippen molar-refractivity contribution in [3.63, 3.8) is 0 Å². The minimum absolute atomic E-state index is 0.0310. The maximum absolute atomic E-state index is 11.6. The highest BCUT2D eigenvalue weighted by Crippen LogP contribution is 2.18. The first-order valence-corrected chi connectivity index (χ1v) is 9.76. The van der Waals surface area contributed by atoms with E-state index < -0.39 is 0 Å². The molecule has 0 radical (unpaired) electrons. The van der Waals surface area contributed by atoms with Gasteiger partial charge in [-0.05, 0) is 24.6 Å². The van der Waals surface area contributed by atoms with Gasteiger partial charge >= 0.3 is 0 Å². The van der Waals surface area contributed by atoms with Crippen LogP contribution in [0.2, 0.25) is 0 Å². The topological polar surface area (TPSA) is 74.2 Å². The smallest absolute Gasteiger partial charge is 0.247 e. The van der Waals surface area contributed by atoms with Gasteiger partial charge in [0.05, 0.1) is 6.20 Å². The van der Waals surface area contributed by atoms with Crippen LogP contribution in [0.5, 0.6) is 0 Å². The fourth-order valence-corrected chi connectivity index (χ4v) is 3.40. The highest BCUT2D eigenvalue weighted by molar-refractivity contribution is 5.95. The summed E-state index contributed by atoms with van der Waals surface area (Å²) in [5.41, 5.74) is 2.79. The number of nitrogens with one attached hydrogen (secondary N) is 1. The summed E-state index contributed by atoms with van der Waals surface area (Å²) in [6.45, 7) is 6.14. The van der Waals surface area contributed by atoms with Crippen LogP contribution in [0.15, 0.2) is 60.8 Å². The molecule has 0 atom stereocenters. The number of ketones is 1. The predicted octanol–water partition coefficient (Wildman–Crippen LogP) is 3.14. The minimum atomic E-state index is 0.0310. The molecule has 0 bridgehead atoms. The Morgan fingerprint density at radius 2 is 1.83 bits per heavy atom. The van der Waals surface area contributed by atoms with Gasteiger partial charge in [-0.2, -0.15) is 10.1 Å². The fraction of sp³-hybridized carbons (Fsp3) is 0.273. The molecule has 1 N–H and O–H groups in total. The van der Waals surface area contributed by atoms with Gasteiger partial charge in [0.25, 0.3) is 0 Å². The zero-order valence-electron chi connectivity index (χ0n) is 16.5. The molecule has 1 fully saturated rings. The number of carbonyl (C=O) groups excluding carboxylic acids is 1. The summed E-state index contributed by atoms with van der Waals surface area (Å²) in [4.78, 5) is 20.8. The highest BCUT2D eigenvalue weighted by Gasteiger charge is 2.19. The third-order valence-corrected chi connectivity index (χ3v) is 4.99. The normalized spacial score (nSPS) is 14.6. The number of Topliss-reactive ketones (excluding diaryl/α,β-unsaturated/α-hetero) is 1. The summed E-state index contributed by atoms with van der Waals surface area (Å²) >= 11 is 0. The molecule has 7 heteroatoms. The van der Waals surface area contributed by atoms with Gasteiger partial charge < -0.3 is 10.2 Å². The number of hydrogen-bond acceptors (Lipinski definition) is 7. The Hall–Kier alpha value is -3.32. The van der Waals surface area contributed by atoms with E-state index in [4.69, 9.17) is 0 Å². The van der Waals surface area contributed by atoms with Crippen molar-refractivity contribution in [3.8, 4) is 0 Å². The molecule has 0 aliphatic carbocycles. The Balaban J connectivity index is 1.38. The maximum atomic E-state index is 11.6. The molecule has 1 aliphatic rings. The second-order valence-electron chi connectivity index (χ2n) is 7.15. The minimum Gasteiger partial charge on any atom is -0.339 e. The molecule has 148 valence electrons. The van der Waals surface area contributed by atoms with E-state index in [-0.39, 0.29) is 5.78 Å². The standard InChI is InChI=1S/C22H24N6O/c1-17(29)19-8-5-9-20(14-19)24-21-15-23-26-22(25-21)28-12-10-27(11-13-28)16-18-6-3-2-4-7-18/h2-9,14-15H,10-13,16H2,1H3,(H,24,25,26). The Labute approximate surface area is 170 Å². The summed E-state index contributed by atoms with van der Waals surface area (Å²) in [6.07, 6.45) is 1.59. The first-order valence-electron chi connectivity index (χ1n) is 9.76. The van der Waals surface area contributed by atoms with E-state index in [1.54, 1.807) is 19.2 Å². The zero-order valence-corrected chi connectivity index (χ0v) is 16.5. The monoisotopic (exact) mass is 388 g/mol. The lowest BCUT2D eigenvalue weighted by Crippen LogP contribution is -2.46. The lowest BCUT2D eigenvalue weighted by Gasteiger charge is -2.34. The van der Waals surface area contributed by atoms with Gasteiger partial charge in [-0.1, -0.05) is 42.5 Å². The van der Waals surface area contributed by atoms with E-state index in [0.29, 0.717) is 17.3 Å². The van der Waals surface area contributed by atoms with Crippen LogP contribution in [-0.2, 0) is 6.54 Å². The van der Waals surface area contributed by atoms with Crippen LogP contribution in [-0.4, -0.2) is 52.0 Å². The maximum Gasteiger partial charge on any atom is 0.247 e. The number of anilines is 3. The SMILES string of the molecule is CC(=O)c1cccc(Nc2cnnc(N3CCN(Cc4ccccc4)CC3)n2)c1. The first kappa shape index (κ1) is 19.0. The number of rotatable bonds is 6. The molecule has 0 spiro atoms. The molecule has 7 nitrogen and oxygen atoms in total. The van der Waals surface area contributed by atoms with E-state index in [0.717, 1.165) is 38.4 Å². The number of nitrogens with zero attached hydrogens (tertiary/aromatic N) is 5. The Bertz CT molecular complexity index is 970. The van der Waals surface area contributed by atoms with Crippen molar-refractivity contribution in [2.75, 3.05) is 36.4 Å². The Morgan fingerprint density at radius 1 is 1.03 bits per heavy atom. The summed E-state index contributed by atoms with van der Waals surface area (Å²) < 4.78 is 0. The molecular weight excluding hydrogens is 364 g/mol. The van der Waals surface area contributed by atoms with E-state index in [1.165, 1.54) is 5.56 Å². The molecular formula is C22H24N6O. The van der Waals surface area contributed by atoms with E-state index in [9.17, 15) is 4.79 Å². The average Bonchev–Trinajstić information content (AvgIpc) is 2.75. The predicted molar refractivity (Wildman–Crippen MR) is 113 cm³/mol. The molecule has 3 aromatic rings. The van der Waals surface area contributed by atoms with Crippen LogP contribution in [0, 0.1) is 0 Å². The summed E-state index contributed by atoms with van der Waals surface area (Å²) in [5, 5.41) is 11.5. The molecule has 0 unspecified atom stereocenters. The van der Waals surface area contributed by atoms with Crippen LogP contribution in [0.3, 0.4) is 0 Å². The molecule has 1 saturated heterocycles. The lowest BCUT2D eigenvalue weighted by atomic mass is 10.1. The highest BCUT2D eigenvalue weighted by atomic mass is 16.1. The molecule has 4 rings (SSSR count). The average molecular weight is 388 g/mol. The van der Waals surface area contributed by atoms with Crippen LogP contribution in [0.1, 0.15) is 22.8 Å². The molecule has 29 heavy (non-hydrogen) atoms. The van der Waals surface area contributed by atoms with Crippen LogP contribution < -0.4 is 10.2 Å². The lowest BCUT2D eigenvalue weighted by molar-refractivity contribution is 0.101. The number of hydrogen-bond donors (Lipinski definition) is 1. The summed E-state index contributed by atoms with van der Waals surface area (Å²) in [7, 11) is 0. The van der Waals surface area contributed by atoms with Crippen molar-refractivity contribution in [2.24, 2.45) is 0 Å². The van der Waals surface area contributed by atoms with Crippen LogP contribution in [0.25, 0.3) is 0 Å². The second kappa shape index (κ2) is 8.79. The van der Waals surface area contributed by atoms with Crippen molar-refractivity contribution in [1.29, 1.82) is 0 Å². The molecule has 2 heterocycles. The quantitative estimate of drug-likeness (QED) is 0.650. The van der Waals surface area contributed by atoms with Crippen molar-refractivity contribution in [3.05, 3.63) is 71.9 Å². The van der Waals surface area contributed by atoms with E-state index >= 15 is 0 Å². The number of piperazine rings is 1. The van der Waals surface area contributed by atoms with Gasteiger partial charge in [0, 0.05) is 44.0 Å². The largest absolute Gasteiger partial charge is 0.339 e. The van der Waals surface area contributed by atoms with Crippen molar-refractivity contribution < 1.29 is 4.79 Å². The molecule has 2 aromatic carbocycles. The molecule has 0 amide bonds. The van der Waals surface area contributed by atoms with Gasteiger partial charge in [0.1, 0.15) is 0 Å². The first-order chi connectivity index (χ1) is 14.2. The third kappa shape index (κ3) is 4.94. The summed E-state index contributed by atoms with van der Waals surface area (Å²) in [6, 6.07) is 17.9. The van der Waals surface area contributed by atoms with Crippen LogP contribution in [0.4, 0.5) is 17.5 Å².